The van der Waals surface area contributed by atoms with E-state index < -0.39 is 0 Å². The molecular formula is C20H25ClN4O2. The number of nitrogens with one attached hydrogen (secondary N) is 2. The fraction of sp³-hybridized carbons (Fsp3) is 0.500. The van der Waals surface area contributed by atoms with E-state index in [4.69, 9.17) is 16.3 Å². The number of benzene rings is 1. The van der Waals surface area contributed by atoms with Crippen molar-refractivity contribution in [2.75, 3.05) is 18.5 Å². The predicted octanol–water partition coefficient (Wildman–Crippen LogP) is 4.76. The molecule has 2 aliphatic rings. The van der Waals surface area contributed by atoms with Gasteiger partial charge in [-0.3, -0.25) is 5.10 Å². The SMILES string of the molecule is Cc1n[nH]c(C)c1C1CCCCCN1C(=O)Nc1cc(Cl)cc2c1OCC2. The van der Waals surface area contributed by atoms with Gasteiger partial charge >= 0.3 is 6.03 Å². The Morgan fingerprint density at radius 3 is 2.96 bits per heavy atom. The van der Waals surface area contributed by atoms with Gasteiger partial charge in [-0.25, -0.2) is 4.79 Å². The number of carbonyl (C=O) groups is 1. The number of fused-ring (bicyclic) bond motifs is 1. The van der Waals surface area contributed by atoms with Crippen LogP contribution in [0.4, 0.5) is 10.5 Å². The molecule has 1 fully saturated rings. The zero-order chi connectivity index (χ0) is 19.0. The standard InChI is InChI=1S/C20H25ClN4O2/c1-12-18(13(2)24-23-12)17-6-4-3-5-8-25(17)20(26)22-16-11-15(21)10-14-7-9-27-19(14)16/h10-11,17H,3-9H2,1-2H3,(H,22,26)(H,23,24). The summed E-state index contributed by atoms with van der Waals surface area (Å²) < 4.78 is 5.73. The summed E-state index contributed by atoms with van der Waals surface area (Å²) in [6.45, 7) is 5.37. The van der Waals surface area contributed by atoms with E-state index in [1.807, 2.05) is 24.8 Å². The molecule has 2 N–H and O–H groups in total. The van der Waals surface area contributed by atoms with E-state index in [9.17, 15) is 4.79 Å². The Morgan fingerprint density at radius 1 is 1.33 bits per heavy atom. The van der Waals surface area contributed by atoms with E-state index in [-0.39, 0.29) is 12.1 Å². The average molecular weight is 389 g/mol. The second kappa shape index (κ2) is 7.43. The number of urea groups is 1. The van der Waals surface area contributed by atoms with Crippen LogP contribution in [0.25, 0.3) is 0 Å². The third-order valence-electron chi connectivity index (χ3n) is 5.52. The highest BCUT2D eigenvalue weighted by Crippen LogP contribution is 2.38. The van der Waals surface area contributed by atoms with Crippen LogP contribution >= 0.6 is 11.6 Å². The molecule has 1 saturated heterocycles. The number of H-pyrrole nitrogens is 1. The summed E-state index contributed by atoms with van der Waals surface area (Å²) in [6.07, 6.45) is 5.00. The minimum Gasteiger partial charge on any atom is -0.491 e. The third-order valence-corrected chi connectivity index (χ3v) is 5.74. The second-order valence-corrected chi connectivity index (χ2v) is 7.81. The van der Waals surface area contributed by atoms with Crippen LogP contribution in [-0.4, -0.2) is 34.3 Å². The van der Waals surface area contributed by atoms with Crippen LogP contribution < -0.4 is 10.1 Å². The van der Waals surface area contributed by atoms with Crippen LogP contribution in [0.2, 0.25) is 5.02 Å². The van der Waals surface area contributed by atoms with Crippen LogP contribution in [-0.2, 0) is 6.42 Å². The number of ether oxygens (including phenoxy) is 1. The van der Waals surface area contributed by atoms with Crippen LogP contribution in [0, 0.1) is 13.8 Å². The molecule has 0 aliphatic carbocycles. The van der Waals surface area contributed by atoms with Crippen molar-refractivity contribution in [3.05, 3.63) is 39.7 Å². The Morgan fingerprint density at radius 2 is 2.19 bits per heavy atom. The van der Waals surface area contributed by atoms with Crippen molar-refractivity contribution in [2.24, 2.45) is 0 Å². The number of aryl methyl sites for hydroxylation is 2. The predicted molar refractivity (Wildman–Crippen MR) is 106 cm³/mol. The number of aromatic nitrogens is 2. The summed E-state index contributed by atoms with van der Waals surface area (Å²) in [5, 5.41) is 11.1. The molecule has 144 valence electrons. The number of rotatable bonds is 2. The van der Waals surface area contributed by atoms with E-state index in [1.165, 1.54) is 0 Å². The van der Waals surface area contributed by atoms with Gasteiger partial charge in [-0.1, -0.05) is 24.4 Å². The van der Waals surface area contributed by atoms with Gasteiger partial charge in [0.05, 0.1) is 24.0 Å². The van der Waals surface area contributed by atoms with Gasteiger partial charge in [0, 0.05) is 34.8 Å². The van der Waals surface area contributed by atoms with Crippen molar-refractivity contribution in [1.82, 2.24) is 15.1 Å². The zero-order valence-electron chi connectivity index (χ0n) is 15.8. The van der Waals surface area contributed by atoms with Crippen LogP contribution in [0.3, 0.4) is 0 Å². The van der Waals surface area contributed by atoms with Crippen molar-refractivity contribution in [2.45, 2.75) is 52.0 Å². The van der Waals surface area contributed by atoms with E-state index in [1.54, 1.807) is 6.07 Å². The first kappa shape index (κ1) is 18.2. The van der Waals surface area contributed by atoms with Crippen molar-refractivity contribution < 1.29 is 9.53 Å². The van der Waals surface area contributed by atoms with Gasteiger partial charge in [0.1, 0.15) is 5.75 Å². The number of hydrogen-bond acceptors (Lipinski definition) is 3. The van der Waals surface area contributed by atoms with E-state index in [2.05, 4.69) is 15.5 Å². The number of halogens is 1. The van der Waals surface area contributed by atoms with E-state index >= 15 is 0 Å². The second-order valence-electron chi connectivity index (χ2n) is 7.38. The Hall–Kier alpha value is -2.21. The first-order valence-corrected chi connectivity index (χ1v) is 9.96. The molecular weight excluding hydrogens is 364 g/mol. The van der Waals surface area contributed by atoms with E-state index in [0.717, 1.165) is 66.9 Å². The van der Waals surface area contributed by atoms with Gasteiger partial charge in [-0.2, -0.15) is 5.10 Å². The fourth-order valence-corrected chi connectivity index (χ4v) is 4.49. The van der Waals surface area contributed by atoms with Crippen molar-refractivity contribution >= 4 is 23.3 Å². The smallest absolute Gasteiger partial charge is 0.322 e. The van der Waals surface area contributed by atoms with Gasteiger partial charge in [0.25, 0.3) is 0 Å². The largest absolute Gasteiger partial charge is 0.491 e. The normalized spacial score (nSPS) is 19.4. The number of carbonyl (C=O) groups excluding carboxylic acids is 1. The molecule has 7 heteroatoms. The molecule has 3 heterocycles. The molecule has 1 unspecified atom stereocenters. The maximum Gasteiger partial charge on any atom is 0.322 e. The molecule has 1 atom stereocenters. The molecule has 27 heavy (non-hydrogen) atoms. The van der Waals surface area contributed by atoms with Crippen LogP contribution in [0.15, 0.2) is 12.1 Å². The van der Waals surface area contributed by atoms with Gasteiger partial charge in [-0.05, 0) is 38.8 Å². The topological polar surface area (TPSA) is 70.2 Å². The molecule has 0 radical (unpaired) electrons. The Labute approximate surface area is 164 Å². The minimum absolute atomic E-state index is 0.0272. The summed E-state index contributed by atoms with van der Waals surface area (Å²) in [6, 6.07) is 3.60. The highest BCUT2D eigenvalue weighted by molar-refractivity contribution is 6.31. The first-order valence-electron chi connectivity index (χ1n) is 9.59. The van der Waals surface area contributed by atoms with Crippen molar-refractivity contribution in [1.29, 1.82) is 0 Å². The Balaban J connectivity index is 1.63. The molecule has 2 aromatic rings. The van der Waals surface area contributed by atoms with Gasteiger partial charge in [0.15, 0.2) is 0 Å². The molecule has 2 amide bonds. The molecule has 0 spiro atoms. The molecule has 1 aromatic heterocycles. The quantitative estimate of drug-likeness (QED) is 0.778. The molecule has 0 bridgehead atoms. The summed E-state index contributed by atoms with van der Waals surface area (Å²) in [5.74, 6) is 0.745. The monoisotopic (exact) mass is 388 g/mol. The third kappa shape index (κ3) is 3.50. The lowest BCUT2D eigenvalue weighted by atomic mass is 9.99. The lowest BCUT2D eigenvalue weighted by molar-refractivity contribution is 0.189. The van der Waals surface area contributed by atoms with Crippen LogP contribution in [0.1, 0.15) is 54.2 Å². The first-order chi connectivity index (χ1) is 13.0. The van der Waals surface area contributed by atoms with E-state index in [0.29, 0.717) is 17.3 Å². The summed E-state index contributed by atoms with van der Waals surface area (Å²) in [5.41, 5.74) is 4.84. The zero-order valence-corrected chi connectivity index (χ0v) is 16.5. The maximum absolute atomic E-state index is 13.2. The van der Waals surface area contributed by atoms with Crippen molar-refractivity contribution in [3.8, 4) is 5.75 Å². The Kier molecular flexibility index (Phi) is 5.00. The minimum atomic E-state index is -0.109. The fourth-order valence-electron chi connectivity index (χ4n) is 4.25. The molecule has 2 aliphatic heterocycles. The lowest BCUT2D eigenvalue weighted by Gasteiger charge is -2.31. The highest BCUT2D eigenvalue weighted by Gasteiger charge is 2.31. The number of likely N-dealkylation sites (tertiary alicyclic amines) is 1. The van der Waals surface area contributed by atoms with Gasteiger partial charge in [0.2, 0.25) is 0 Å². The maximum atomic E-state index is 13.2. The summed E-state index contributed by atoms with van der Waals surface area (Å²) in [4.78, 5) is 15.2. The summed E-state index contributed by atoms with van der Waals surface area (Å²) in [7, 11) is 0. The highest BCUT2D eigenvalue weighted by atomic mass is 35.5. The average Bonchev–Trinajstić information content (AvgIpc) is 3.14. The lowest BCUT2D eigenvalue weighted by Crippen LogP contribution is -2.38. The van der Waals surface area contributed by atoms with Gasteiger partial charge in [-0.15, -0.1) is 0 Å². The van der Waals surface area contributed by atoms with Crippen LogP contribution in [0.5, 0.6) is 5.75 Å². The number of aromatic amines is 1. The number of nitrogens with zero attached hydrogens (tertiary/aromatic N) is 2. The van der Waals surface area contributed by atoms with Crippen molar-refractivity contribution in [3.63, 3.8) is 0 Å². The molecule has 0 saturated carbocycles. The number of amides is 2. The molecule has 1 aromatic carbocycles. The molecule has 6 nitrogen and oxygen atoms in total. The summed E-state index contributed by atoms with van der Waals surface area (Å²) >= 11 is 6.24. The molecule has 4 rings (SSSR count). The number of hydrogen-bond donors (Lipinski definition) is 2. The Bertz CT molecular complexity index is 844. The number of anilines is 1. The van der Waals surface area contributed by atoms with Gasteiger partial charge < -0.3 is 15.0 Å².